The van der Waals surface area contributed by atoms with E-state index in [0.717, 1.165) is 16.7 Å². The fourth-order valence-electron chi connectivity index (χ4n) is 2.42. The van der Waals surface area contributed by atoms with Gasteiger partial charge < -0.3 is 9.67 Å². The maximum absolute atomic E-state index is 13.2. The first-order valence-electron chi connectivity index (χ1n) is 7.37. The number of aromatic nitrogens is 2. The van der Waals surface area contributed by atoms with Gasteiger partial charge in [0.2, 0.25) is 0 Å². The minimum Gasteiger partial charge on any atom is -0.478 e. The Morgan fingerprint density at radius 1 is 1.17 bits per heavy atom. The number of allylic oxidation sites excluding steroid dienone is 1. The maximum Gasteiger partial charge on any atom is 0.335 e. The summed E-state index contributed by atoms with van der Waals surface area (Å²) in [5.41, 5.74) is 2.79. The van der Waals surface area contributed by atoms with E-state index in [1.807, 2.05) is 22.9 Å². The highest BCUT2D eigenvalue weighted by atomic mass is 19.1. The average Bonchev–Trinajstić information content (AvgIpc) is 3.08. The monoisotopic (exact) mass is 322 g/mol. The van der Waals surface area contributed by atoms with Gasteiger partial charge in [0.15, 0.2) is 0 Å². The predicted octanol–water partition coefficient (Wildman–Crippen LogP) is 3.96. The number of carbonyl (C=O) groups is 1. The van der Waals surface area contributed by atoms with E-state index in [4.69, 9.17) is 5.11 Å². The topological polar surface area (TPSA) is 55.1 Å². The van der Waals surface area contributed by atoms with Gasteiger partial charge in [0.1, 0.15) is 5.82 Å². The molecule has 1 aromatic heterocycles. The van der Waals surface area contributed by atoms with Crippen LogP contribution in [0.2, 0.25) is 0 Å². The molecular weight excluding hydrogens is 307 g/mol. The zero-order chi connectivity index (χ0) is 16.9. The number of hydrogen-bond donors (Lipinski definition) is 1. The molecular formula is C19H15FN2O2. The van der Waals surface area contributed by atoms with Crippen molar-refractivity contribution >= 4 is 17.6 Å². The standard InChI is InChI=1S/C19H15FN2O2/c20-18-6-4-15(5-7-18)17(12-22-9-8-21-13-22)11-14-2-1-3-16(10-14)19(23)24/h1-11,13H,12H2,(H,23,24). The lowest BCUT2D eigenvalue weighted by Gasteiger charge is -2.10. The molecule has 0 bridgehead atoms. The van der Waals surface area contributed by atoms with Crippen LogP contribution >= 0.6 is 0 Å². The summed E-state index contributed by atoms with van der Waals surface area (Å²) < 4.78 is 15.1. The van der Waals surface area contributed by atoms with Gasteiger partial charge in [-0.25, -0.2) is 14.2 Å². The van der Waals surface area contributed by atoms with Crippen LogP contribution in [0.3, 0.4) is 0 Å². The first-order valence-corrected chi connectivity index (χ1v) is 7.37. The smallest absolute Gasteiger partial charge is 0.335 e. The molecule has 0 aliphatic carbocycles. The quantitative estimate of drug-likeness (QED) is 0.723. The van der Waals surface area contributed by atoms with Gasteiger partial charge >= 0.3 is 5.97 Å². The van der Waals surface area contributed by atoms with E-state index in [1.54, 1.807) is 42.9 Å². The van der Waals surface area contributed by atoms with E-state index in [1.165, 1.54) is 12.1 Å². The molecule has 0 spiro atoms. The van der Waals surface area contributed by atoms with Crippen LogP contribution in [0.15, 0.2) is 67.3 Å². The van der Waals surface area contributed by atoms with Crippen LogP contribution in [0.4, 0.5) is 4.39 Å². The number of nitrogens with zero attached hydrogens (tertiary/aromatic N) is 2. The Hall–Kier alpha value is -3.21. The molecule has 0 aliphatic rings. The van der Waals surface area contributed by atoms with Gasteiger partial charge in [0.25, 0.3) is 0 Å². The van der Waals surface area contributed by atoms with E-state index in [9.17, 15) is 9.18 Å². The van der Waals surface area contributed by atoms with Crippen molar-refractivity contribution in [2.45, 2.75) is 6.54 Å². The van der Waals surface area contributed by atoms with Crippen LogP contribution in [0.1, 0.15) is 21.5 Å². The highest BCUT2D eigenvalue weighted by molar-refractivity contribution is 5.89. The van der Waals surface area contributed by atoms with E-state index in [0.29, 0.717) is 6.54 Å². The summed E-state index contributed by atoms with van der Waals surface area (Å²) in [6.45, 7) is 0.545. The van der Waals surface area contributed by atoms with Gasteiger partial charge in [-0.15, -0.1) is 0 Å². The molecule has 120 valence electrons. The third kappa shape index (κ3) is 3.76. The lowest BCUT2D eigenvalue weighted by molar-refractivity contribution is 0.0697. The van der Waals surface area contributed by atoms with E-state index in [-0.39, 0.29) is 11.4 Å². The summed E-state index contributed by atoms with van der Waals surface area (Å²) in [4.78, 5) is 15.2. The SMILES string of the molecule is O=C(O)c1cccc(C=C(Cn2ccnc2)c2ccc(F)cc2)c1. The molecule has 0 aliphatic heterocycles. The molecule has 0 amide bonds. The first-order chi connectivity index (χ1) is 11.6. The lowest BCUT2D eigenvalue weighted by Crippen LogP contribution is -1.99. The second-order valence-corrected chi connectivity index (χ2v) is 5.34. The number of benzene rings is 2. The molecule has 5 heteroatoms. The number of hydrogen-bond acceptors (Lipinski definition) is 2. The van der Waals surface area contributed by atoms with Gasteiger partial charge in [-0.1, -0.05) is 24.3 Å². The molecule has 0 fully saturated rings. The molecule has 1 N–H and O–H groups in total. The molecule has 4 nitrogen and oxygen atoms in total. The highest BCUT2D eigenvalue weighted by Gasteiger charge is 2.06. The summed E-state index contributed by atoms with van der Waals surface area (Å²) in [5.74, 6) is -1.27. The van der Waals surface area contributed by atoms with Crippen LogP contribution in [0.25, 0.3) is 11.6 Å². The van der Waals surface area contributed by atoms with Gasteiger partial charge in [0.05, 0.1) is 11.9 Å². The van der Waals surface area contributed by atoms with Crippen LogP contribution in [-0.2, 0) is 6.54 Å². The fourth-order valence-corrected chi connectivity index (χ4v) is 2.42. The Balaban J connectivity index is 2.01. The number of carboxylic acid groups (broad SMARTS) is 1. The van der Waals surface area contributed by atoms with Crippen molar-refractivity contribution in [2.75, 3.05) is 0 Å². The normalized spacial score (nSPS) is 11.5. The molecule has 3 aromatic rings. The molecule has 1 heterocycles. The van der Waals surface area contributed by atoms with Crippen molar-refractivity contribution in [3.05, 3.63) is 89.8 Å². The number of carboxylic acids is 1. The summed E-state index contributed by atoms with van der Waals surface area (Å²) in [6.07, 6.45) is 7.13. The number of rotatable bonds is 5. The minimum absolute atomic E-state index is 0.227. The molecule has 3 rings (SSSR count). The van der Waals surface area contributed by atoms with Gasteiger partial charge in [0, 0.05) is 18.9 Å². The molecule has 0 saturated carbocycles. The van der Waals surface area contributed by atoms with Crippen molar-refractivity contribution in [2.24, 2.45) is 0 Å². The summed E-state index contributed by atoms with van der Waals surface area (Å²) >= 11 is 0. The molecule has 0 unspecified atom stereocenters. The molecule has 0 saturated heterocycles. The van der Waals surface area contributed by atoms with Crippen LogP contribution in [0.5, 0.6) is 0 Å². The molecule has 0 atom stereocenters. The second-order valence-electron chi connectivity index (χ2n) is 5.34. The number of aromatic carboxylic acids is 1. The largest absolute Gasteiger partial charge is 0.478 e. The maximum atomic E-state index is 13.2. The summed E-state index contributed by atoms with van der Waals surface area (Å²) in [7, 11) is 0. The minimum atomic E-state index is -0.969. The Morgan fingerprint density at radius 2 is 1.96 bits per heavy atom. The fraction of sp³-hybridized carbons (Fsp3) is 0.0526. The molecule has 2 aromatic carbocycles. The predicted molar refractivity (Wildman–Crippen MR) is 89.9 cm³/mol. The third-order valence-electron chi connectivity index (χ3n) is 3.60. The zero-order valence-corrected chi connectivity index (χ0v) is 12.8. The van der Waals surface area contributed by atoms with Crippen LogP contribution in [0, 0.1) is 5.82 Å². The van der Waals surface area contributed by atoms with E-state index in [2.05, 4.69) is 4.98 Å². The second kappa shape index (κ2) is 6.91. The number of halogens is 1. The van der Waals surface area contributed by atoms with Crippen LogP contribution < -0.4 is 0 Å². The summed E-state index contributed by atoms with van der Waals surface area (Å²) in [6, 6.07) is 12.9. The average molecular weight is 322 g/mol. The van der Waals surface area contributed by atoms with Crippen LogP contribution in [-0.4, -0.2) is 20.6 Å². The van der Waals surface area contributed by atoms with Gasteiger partial charge in [-0.05, 0) is 47.0 Å². The molecule has 0 radical (unpaired) electrons. The van der Waals surface area contributed by atoms with Gasteiger partial charge in [-0.2, -0.15) is 0 Å². The van der Waals surface area contributed by atoms with Crippen molar-refractivity contribution in [3.8, 4) is 0 Å². The molecule has 24 heavy (non-hydrogen) atoms. The van der Waals surface area contributed by atoms with E-state index >= 15 is 0 Å². The van der Waals surface area contributed by atoms with Crippen molar-refractivity contribution in [1.82, 2.24) is 9.55 Å². The Bertz CT molecular complexity index is 869. The first kappa shape index (κ1) is 15.7. The van der Waals surface area contributed by atoms with Crippen molar-refractivity contribution in [3.63, 3.8) is 0 Å². The highest BCUT2D eigenvalue weighted by Crippen LogP contribution is 2.21. The Kier molecular flexibility index (Phi) is 4.52. The Labute approximate surface area is 138 Å². The summed E-state index contributed by atoms with van der Waals surface area (Å²) in [5, 5.41) is 9.12. The van der Waals surface area contributed by atoms with E-state index < -0.39 is 5.97 Å². The lowest BCUT2D eigenvalue weighted by atomic mass is 10.0. The third-order valence-corrected chi connectivity index (χ3v) is 3.60. The zero-order valence-electron chi connectivity index (χ0n) is 12.8. The van der Waals surface area contributed by atoms with Gasteiger partial charge in [-0.3, -0.25) is 0 Å². The Morgan fingerprint density at radius 3 is 2.62 bits per heavy atom. The van der Waals surface area contributed by atoms with Crippen molar-refractivity contribution < 1.29 is 14.3 Å². The number of imidazole rings is 1. The van der Waals surface area contributed by atoms with Crippen molar-refractivity contribution in [1.29, 1.82) is 0 Å².